The van der Waals surface area contributed by atoms with Crippen LogP contribution in [0.4, 0.5) is 0 Å². The fraction of sp³-hybridized carbons (Fsp3) is 0.429. The topological polar surface area (TPSA) is 102 Å². The molecule has 1 atom stereocenters. The van der Waals surface area contributed by atoms with E-state index in [-0.39, 0.29) is 0 Å². The predicted octanol–water partition coefficient (Wildman–Crippen LogP) is -0.668. The summed E-state index contributed by atoms with van der Waals surface area (Å²) >= 11 is 0. The van der Waals surface area contributed by atoms with Gasteiger partial charge in [-0.25, -0.2) is 0 Å². The molecular formula is C7H13N3O2. The van der Waals surface area contributed by atoms with Crippen LogP contribution >= 0.6 is 0 Å². The maximum atomic E-state index is 10.2. The van der Waals surface area contributed by atoms with Gasteiger partial charge in [-0.05, 0) is 18.7 Å². The SMILES string of the molecule is NC=CC=NCCC(N)C(=O)O. The van der Waals surface area contributed by atoms with Gasteiger partial charge in [0.05, 0.1) is 0 Å². The third-order valence-corrected chi connectivity index (χ3v) is 1.19. The van der Waals surface area contributed by atoms with E-state index >= 15 is 0 Å². The second-order valence-electron chi connectivity index (χ2n) is 2.17. The minimum Gasteiger partial charge on any atom is -0.480 e. The van der Waals surface area contributed by atoms with Crippen molar-refractivity contribution in [2.45, 2.75) is 12.5 Å². The Balaban J connectivity index is 3.49. The molecule has 0 spiro atoms. The maximum absolute atomic E-state index is 10.2. The van der Waals surface area contributed by atoms with Crippen LogP contribution in [0.3, 0.4) is 0 Å². The molecule has 0 amide bonds. The first-order chi connectivity index (χ1) is 5.68. The second-order valence-corrected chi connectivity index (χ2v) is 2.17. The number of aliphatic imine (C=N–C) groups is 1. The molecule has 5 nitrogen and oxygen atoms in total. The fourth-order valence-electron chi connectivity index (χ4n) is 0.522. The minimum absolute atomic E-state index is 0.338. The van der Waals surface area contributed by atoms with E-state index in [1.54, 1.807) is 6.08 Å². The number of aliphatic carboxylic acids is 1. The van der Waals surface area contributed by atoms with Crippen LogP contribution in [0.25, 0.3) is 0 Å². The van der Waals surface area contributed by atoms with Crippen LogP contribution in [0, 0.1) is 0 Å². The van der Waals surface area contributed by atoms with Crippen LogP contribution < -0.4 is 11.5 Å². The predicted molar refractivity (Wildman–Crippen MR) is 46.9 cm³/mol. The van der Waals surface area contributed by atoms with E-state index in [1.807, 2.05) is 0 Å². The first-order valence-electron chi connectivity index (χ1n) is 3.53. The Labute approximate surface area is 70.8 Å². The Kier molecular flexibility index (Phi) is 5.64. The van der Waals surface area contributed by atoms with Crippen LogP contribution in [0.15, 0.2) is 17.3 Å². The summed E-state index contributed by atoms with van der Waals surface area (Å²) in [5, 5.41) is 8.37. The quantitative estimate of drug-likeness (QED) is 0.477. The Bertz CT molecular complexity index is 189. The summed E-state index contributed by atoms with van der Waals surface area (Å²) in [6, 6.07) is -0.830. The minimum atomic E-state index is -1.00. The number of carboxylic acids is 1. The molecule has 0 aromatic carbocycles. The summed E-state index contributed by atoms with van der Waals surface area (Å²) in [6.45, 7) is 0.401. The van der Waals surface area contributed by atoms with E-state index < -0.39 is 12.0 Å². The molecule has 0 fully saturated rings. The molecule has 0 saturated heterocycles. The molecule has 0 aliphatic carbocycles. The highest BCUT2D eigenvalue weighted by atomic mass is 16.4. The summed E-state index contributed by atoms with van der Waals surface area (Å²) < 4.78 is 0. The molecule has 5 heteroatoms. The molecule has 0 aliphatic rings. The number of rotatable bonds is 5. The third kappa shape index (κ3) is 5.43. The number of nitrogens with zero attached hydrogens (tertiary/aromatic N) is 1. The number of allylic oxidation sites excluding steroid dienone is 1. The van der Waals surface area contributed by atoms with Gasteiger partial charge in [-0.3, -0.25) is 9.79 Å². The van der Waals surface area contributed by atoms with Gasteiger partial charge in [-0.1, -0.05) is 0 Å². The lowest BCUT2D eigenvalue weighted by Crippen LogP contribution is -2.30. The molecule has 1 unspecified atom stereocenters. The summed E-state index contributed by atoms with van der Waals surface area (Å²) in [6.07, 6.45) is 4.76. The molecule has 0 rings (SSSR count). The number of carbonyl (C=O) groups is 1. The van der Waals surface area contributed by atoms with Crippen molar-refractivity contribution in [2.24, 2.45) is 16.5 Å². The average Bonchev–Trinajstić information content (AvgIpc) is 2.03. The van der Waals surface area contributed by atoms with E-state index in [9.17, 15) is 4.79 Å². The highest BCUT2D eigenvalue weighted by molar-refractivity contribution is 5.73. The number of nitrogens with two attached hydrogens (primary N) is 2. The number of hydrogen-bond acceptors (Lipinski definition) is 4. The molecule has 0 aliphatic heterocycles. The zero-order valence-electron chi connectivity index (χ0n) is 6.68. The number of carboxylic acid groups (broad SMARTS) is 1. The molecule has 0 saturated carbocycles. The summed E-state index contributed by atoms with van der Waals surface area (Å²) in [5.41, 5.74) is 10.2. The lowest BCUT2D eigenvalue weighted by Gasteiger charge is -2.01. The van der Waals surface area contributed by atoms with Gasteiger partial charge >= 0.3 is 5.97 Å². The average molecular weight is 171 g/mol. The summed E-state index contributed by atoms with van der Waals surface area (Å²) in [5.74, 6) is -1.00. The van der Waals surface area contributed by atoms with E-state index in [4.69, 9.17) is 16.6 Å². The van der Waals surface area contributed by atoms with E-state index in [0.717, 1.165) is 0 Å². The van der Waals surface area contributed by atoms with Crippen LogP contribution in [0.5, 0.6) is 0 Å². The molecular weight excluding hydrogens is 158 g/mol. The Hall–Kier alpha value is -1.36. The van der Waals surface area contributed by atoms with Crippen molar-refractivity contribution in [3.8, 4) is 0 Å². The van der Waals surface area contributed by atoms with Crippen LogP contribution in [-0.4, -0.2) is 29.9 Å². The lowest BCUT2D eigenvalue weighted by molar-refractivity contribution is -0.138. The zero-order chi connectivity index (χ0) is 9.40. The van der Waals surface area contributed by atoms with Gasteiger partial charge < -0.3 is 16.6 Å². The Morgan fingerprint density at radius 1 is 1.67 bits per heavy atom. The van der Waals surface area contributed by atoms with Crippen molar-refractivity contribution in [2.75, 3.05) is 6.54 Å². The molecule has 0 heterocycles. The lowest BCUT2D eigenvalue weighted by atomic mass is 10.2. The molecule has 0 radical (unpaired) electrons. The smallest absolute Gasteiger partial charge is 0.320 e. The molecule has 68 valence electrons. The first-order valence-corrected chi connectivity index (χ1v) is 3.53. The molecule has 0 aromatic heterocycles. The Morgan fingerprint density at radius 2 is 2.33 bits per heavy atom. The molecule has 0 aromatic rings. The second kappa shape index (κ2) is 6.36. The first kappa shape index (κ1) is 10.6. The summed E-state index contributed by atoms with van der Waals surface area (Å²) in [7, 11) is 0. The summed E-state index contributed by atoms with van der Waals surface area (Å²) in [4.78, 5) is 14.1. The highest BCUT2D eigenvalue weighted by Gasteiger charge is 2.08. The van der Waals surface area contributed by atoms with Crippen molar-refractivity contribution in [1.29, 1.82) is 0 Å². The Morgan fingerprint density at radius 3 is 2.83 bits per heavy atom. The largest absolute Gasteiger partial charge is 0.480 e. The van der Waals surface area contributed by atoms with Crippen LogP contribution in [0.2, 0.25) is 0 Å². The van der Waals surface area contributed by atoms with Gasteiger partial charge in [0.1, 0.15) is 6.04 Å². The normalized spacial score (nSPS) is 14.1. The van der Waals surface area contributed by atoms with Crippen LogP contribution in [0.1, 0.15) is 6.42 Å². The van der Waals surface area contributed by atoms with Crippen molar-refractivity contribution >= 4 is 12.2 Å². The van der Waals surface area contributed by atoms with Gasteiger partial charge in [0.25, 0.3) is 0 Å². The van der Waals surface area contributed by atoms with Crippen molar-refractivity contribution in [1.82, 2.24) is 0 Å². The number of hydrogen-bond donors (Lipinski definition) is 3. The van der Waals surface area contributed by atoms with Crippen LogP contribution in [-0.2, 0) is 4.79 Å². The van der Waals surface area contributed by atoms with E-state index in [1.165, 1.54) is 12.4 Å². The van der Waals surface area contributed by atoms with E-state index in [0.29, 0.717) is 13.0 Å². The molecule has 0 bridgehead atoms. The standard InChI is InChI=1S/C7H13N3O2/c8-3-1-4-10-5-2-6(9)7(11)12/h1,3-4,6H,2,5,8-9H2,(H,11,12). The van der Waals surface area contributed by atoms with Gasteiger partial charge in [0.15, 0.2) is 0 Å². The van der Waals surface area contributed by atoms with Gasteiger partial charge in [-0.2, -0.15) is 0 Å². The monoisotopic (exact) mass is 171 g/mol. The maximum Gasteiger partial charge on any atom is 0.320 e. The van der Waals surface area contributed by atoms with E-state index in [2.05, 4.69) is 4.99 Å². The third-order valence-electron chi connectivity index (χ3n) is 1.19. The van der Waals surface area contributed by atoms with Crippen molar-refractivity contribution in [3.05, 3.63) is 12.3 Å². The van der Waals surface area contributed by atoms with Crippen molar-refractivity contribution < 1.29 is 9.90 Å². The highest BCUT2D eigenvalue weighted by Crippen LogP contribution is 1.87. The molecule has 5 N–H and O–H groups in total. The molecule has 12 heavy (non-hydrogen) atoms. The van der Waals surface area contributed by atoms with Gasteiger partial charge in [0.2, 0.25) is 0 Å². The van der Waals surface area contributed by atoms with Crippen molar-refractivity contribution in [3.63, 3.8) is 0 Å². The van der Waals surface area contributed by atoms with Gasteiger partial charge in [-0.15, -0.1) is 0 Å². The zero-order valence-corrected chi connectivity index (χ0v) is 6.68. The fourth-order valence-corrected chi connectivity index (χ4v) is 0.522. The van der Waals surface area contributed by atoms with Gasteiger partial charge in [0, 0.05) is 12.8 Å².